The van der Waals surface area contributed by atoms with Crippen LogP contribution in [0.15, 0.2) is 0 Å². The predicted molar refractivity (Wildman–Crippen MR) is 82.3 cm³/mol. The molecular weight excluding hydrogens is 302 g/mol. The minimum atomic E-state index is -3.11. The highest BCUT2D eigenvalue weighted by atomic mass is 32.2. The standard InChI is InChI=1S/C12H21NO3S3/c1-19(15,16)13-4-2-3-10(8-13)7-11(14)12-9-17-5-6-18-12/h10,12H,2-9H2,1H3. The molecule has 2 fully saturated rings. The van der Waals surface area contributed by atoms with E-state index in [9.17, 15) is 13.2 Å². The second-order valence-electron chi connectivity index (χ2n) is 5.23. The number of piperidine rings is 1. The smallest absolute Gasteiger partial charge is 0.211 e. The van der Waals surface area contributed by atoms with E-state index >= 15 is 0 Å². The molecule has 2 saturated heterocycles. The molecule has 7 heteroatoms. The first-order valence-corrected chi connectivity index (χ1v) is 10.7. The number of thioether (sulfide) groups is 2. The van der Waals surface area contributed by atoms with Crippen LogP contribution in [0.5, 0.6) is 0 Å². The summed E-state index contributed by atoms with van der Waals surface area (Å²) in [7, 11) is -3.11. The first-order valence-electron chi connectivity index (χ1n) is 6.64. The van der Waals surface area contributed by atoms with E-state index in [4.69, 9.17) is 0 Å². The van der Waals surface area contributed by atoms with Crippen molar-refractivity contribution in [3.8, 4) is 0 Å². The average molecular weight is 324 g/mol. The molecule has 2 aliphatic rings. The highest BCUT2D eigenvalue weighted by Gasteiger charge is 2.30. The van der Waals surface area contributed by atoms with Gasteiger partial charge in [0.05, 0.1) is 11.5 Å². The Balaban J connectivity index is 1.86. The third-order valence-corrected chi connectivity index (χ3v) is 7.69. The summed E-state index contributed by atoms with van der Waals surface area (Å²) in [6, 6.07) is 0. The molecular formula is C12H21NO3S3. The summed E-state index contributed by atoms with van der Waals surface area (Å²) in [6.07, 6.45) is 3.65. The van der Waals surface area contributed by atoms with Crippen molar-refractivity contribution in [2.75, 3.05) is 36.6 Å². The molecule has 0 aliphatic carbocycles. The Kier molecular flexibility index (Phi) is 5.63. The second kappa shape index (κ2) is 6.83. The molecule has 0 spiro atoms. The van der Waals surface area contributed by atoms with Crippen LogP contribution in [0, 0.1) is 5.92 Å². The van der Waals surface area contributed by atoms with Gasteiger partial charge in [-0.15, -0.1) is 11.8 Å². The van der Waals surface area contributed by atoms with Gasteiger partial charge in [-0.1, -0.05) is 0 Å². The molecule has 2 atom stereocenters. The Morgan fingerprint density at radius 1 is 1.37 bits per heavy atom. The first-order chi connectivity index (χ1) is 8.97. The van der Waals surface area contributed by atoms with Gasteiger partial charge in [0.15, 0.2) is 0 Å². The number of ketones is 1. The fourth-order valence-electron chi connectivity index (χ4n) is 2.58. The Bertz CT molecular complexity index is 418. The SMILES string of the molecule is CS(=O)(=O)N1CCCC(CC(=O)C2CSCCS2)C1. The lowest BCUT2D eigenvalue weighted by molar-refractivity contribution is -0.119. The van der Waals surface area contributed by atoms with Crippen LogP contribution in [0.1, 0.15) is 19.3 Å². The largest absolute Gasteiger partial charge is 0.298 e. The molecule has 2 heterocycles. The number of sulfonamides is 1. The van der Waals surface area contributed by atoms with E-state index in [0.29, 0.717) is 25.3 Å². The number of carbonyl (C=O) groups excluding carboxylic acids is 1. The molecule has 0 bridgehead atoms. The second-order valence-corrected chi connectivity index (χ2v) is 9.68. The molecule has 0 amide bonds. The van der Waals surface area contributed by atoms with Crippen molar-refractivity contribution >= 4 is 39.3 Å². The monoisotopic (exact) mass is 323 g/mol. The zero-order valence-corrected chi connectivity index (χ0v) is 13.7. The van der Waals surface area contributed by atoms with Gasteiger partial charge in [-0.05, 0) is 18.8 Å². The maximum atomic E-state index is 12.2. The van der Waals surface area contributed by atoms with Gasteiger partial charge in [-0.2, -0.15) is 11.8 Å². The molecule has 0 N–H and O–H groups in total. The van der Waals surface area contributed by atoms with Crippen LogP contribution in [-0.2, 0) is 14.8 Å². The Morgan fingerprint density at radius 2 is 2.16 bits per heavy atom. The molecule has 19 heavy (non-hydrogen) atoms. The van der Waals surface area contributed by atoms with Crippen LogP contribution in [-0.4, -0.2) is 60.4 Å². The minimum Gasteiger partial charge on any atom is -0.298 e. The van der Waals surface area contributed by atoms with Gasteiger partial charge in [-0.25, -0.2) is 12.7 Å². The third kappa shape index (κ3) is 4.65. The van der Waals surface area contributed by atoms with E-state index in [1.54, 1.807) is 11.8 Å². The summed E-state index contributed by atoms with van der Waals surface area (Å²) >= 11 is 3.61. The zero-order chi connectivity index (χ0) is 13.9. The van der Waals surface area contributed by atoms with Gasteiger partial charge in [0, 0.05) is 36.8 Å². The summed E-state index contributed by atoms with van der Waals surface area (Å²) in [5, 5.41) is 0.132. The Hall–Kier alpha value is 0.280. The lowest BCUT2D eigenvalue weighted by Gasteiger charge is -2.31. The predicted octanol–water partition coefficient (Wildman–Crippen LogP) is 1.47. The highest BCUT2D eigenvalue weighted by Crippen LogP contribution is 2.28. The van der Waals surface area contributed by atoms with Gasteiger partial charge in [0.25, 0.3) is 0 Å². The summed E-state index contributed by atoms with van der Waals surface area (Å²) in [5.74, 6) is 3.65. The fourth-order valence-corrected chi connectivity index (χ4v) is 6.19. The number of nitrogens with zero attached hydrogens (tertiary/aromatic N) is 1. The number of rotatable bonds is 4. The Morgan fingerprint density at radius 3 is 2.79 bits per heavy atom. The quantitative estimate of drug-likeness (QED) is 0.784. The van der Waals surface area contributed by atoms with Crippen molar-refractivity contribution < 1.29 is 13.2 Å². The van der Waals surface area contributed by atoms with Crippen LogP contribution in [0.3, 0.4) is 0 Å². The number of hydrogen-bond donors (Lipinski definition) is 0. The maximum Gasteiger partial charge on any atom is 0.211 e. The van der Waals surface area contributed by atoms with Gasteiger partial charge in [0.2, 0.25) is 10.0 Å². The first kappa shape index (κ1) is 15.7. The van der Waals surface area contributed by atoms with Crippen molar-refractivity contribution in [1.29, 1.82) is 0 Å². The van der Waals surface area contributed by atoms with Crippen LogP contribution >= 0.6 is 23.5 Å². The molecule has 2 unspecified atom stereocenters. The summed E-state index contributed by atoms with van der Waals surface area (Å²) in [6.45, 7) is 1.13. The van der Waals surface area contributed by atoms with E-state index in [-0.39, 0.29) is 11.2 Å². The van der Waals surface area contributed by atoms with Crippen molar-refractivity contribution in [3.05, 3.63) is 0 Å². The maximum absolute atomic E-state index is 12.2. The average Bonchev–Trinajstić information content (AvgIpc) is 2.39. The summed E-state index contributed by atoms with van der Waals surface area (Å²) in [4.78, 5) is 12.2. The molecule has 0 aromatic rings. The van der Waals surface area contributed by atoms with Gasteiger partial charge in [0.1, 0.15) is 5.78 Å². The third-order valence-electron chi connectivity index (χ3n) is 3.62. The highest BCUT2D eigenvalue weighted by molar-refractivity contribution is 8.07. The number of hydrogen-bond acceptors (Lipinski definition) is 5. The summed E-state index contributed by atoms with van der Waals surface area (Å²) < 4.78 is 24.6. The Labute approximate surface area is 124 Å². The number of Topliss-reactive ketones (excluding diaryl/α,β-unsaturated/α-hetero) is 1. The van der Waals surface area contributed by atoms with Crippen LogP contribution in [0.25, 0.3) is 0 Å². The molecule has 0 saturated carbocycles. The van der Waals surface area contributed by atoms with Crippen molar-refractivity contribution in [3.63, 3.8) is 0 Å². The van der Waals surface area contributed by atoms with Crippen molar-refractivity contribution in [1.82, 2.24) is 4.31 Å². The fraction of sp³-hybridized carbons (Fsp3) is 0.917. The van der Waals surface area contributed by atoms with Crippen LogP contribution in [0.2, 0.25) is 0 Å². The molecule has 0 aromatic carbocycles. The number of carbonyl (C=O) groups is 1. The van der Waals surface area contributed by atoms with Gasteiger partial charge >= 0.3 is 0 Å². The molecule has 4 nitrogen and oxygen atoms in total. The van der Waals surface area contributed by atoms with E-state index in [2.05, 4.69) is 0 Å². The summed E-state index contributed by atoms with van der Waals surface area (Å²) in [5.41, 5.74) is 0. The van der Waals surface area contributed by atoms with E-state index in [1.807, 2.05) is 11.8 Å². The molecule has 2 aliphatic heterocycles. The lowest BCUT2D eigenvalue weighted by atomic mass is 9.93. The van der Waals surface area contributed by atoms with Gasteiger partial charge in [-0.3, -0.25) is 4.79 Å². The zero-order valence-electron chi connectivity index (χ0n) is 11.2. The molecule has 0 aromatic heterocycles. The van der Waals surface area contributed by atoms with Crippen molar-refractivity contribution in [2.45, 2.75) is 24.5 Å². The normalized spacial score (nSPS) is 30.2. The molecule has 0 radical (unpaired) electrons. The van der Waals surface area contributed by atoms with E-state index in [1.165, 1.54) is 10.6 Å². The topological polar surface area (TPSA) is 54.5 Å². The van der Waals surface area contributed by atoms with E-state index in [0.717, 1.165) is 30.1 Å². The van der Waals surface area contributed by atoms with Gasteiger partial charge < -0.3 is 0 Å². The van der Waals surface area contributed by atoms with Crippen LogP contribution < -0.4 is 0 Å². The van der Waals surface area contributed by atoms with Crippen molar-refractivity contribution in [2.24, 2.45) is 5.92 Å². The van der Waals surface area contributed by atoms with E-state index < -0.39 is 10.0 Å². The molecule has 110 valence electrons. The van der Waals surface area contributed by atoms with Crippen LogP contribution in [0.4, 0.5) is 0 Å². The molecule has 2 rings (SSSR count). The lowest BCUT2D eigenvalue weighted by Crippen LogP contribution is -2.40. The minimum absolute atomic E-state index is 0.132.